The van der Waals surface area contributed by atoms with Gasteiger partial charge in [0, 0.05) is 6.04 Å². The molecule has 0 bridgehead atoms. The fraction of sp³-hybridized carbons (Fsp3) is 0.833. The summed E-state index contributed by atoms with van der Waals surface area (Å²) in [5.41, 5.74) is 0. The van der Waals surface area contributed by atoms with Gasteiger partial charge in [0.25, 0.3) is 0 Å². The highest BCUT2D eigenvalue weighted by Crippen LogP contribution is 2.02. The first kappa shape index (κ1) is 16.7. The molecule has 0 aromatic rings. The Bertz CT molecular complexity index is 285. The van der Waals surface area contributed by atoms with Crippen molar-refractivity contribution in [1.29, 1.82) is 0 Å². The number of nitrogens with zero attached hydrogens (tertiary/aromatic N) is 1. The molecule has 0 aromatic heterocycles. The maximum Gasteiger partial charge on any atom is 0.326 e. The van der Waals surface area contributed by atoms with Crippen molar-refractivity contribution in [3.8, 4) is 0 Å². The van der Waals surface area contributed by atoms with Crippen LogP contribution in [0.15, 0.2) is 0 Å². The highest BCUT2D eigenvalue weighted by atomic mass is 16.4. The van der Waals surface area contributed by atoms with Crippen LogP contribution in [-0.4, -0.2) is 61.4 Å². The first-order chi connectivity index (χ1) is 8.11. The topological polar surface area (TPSA) is 78.4 Å². The molecule has 0 spiro atoms. The maximum atomic E-state index is 11.4. The number of carboxylic acids is 1. The molecule has 2 amide bonds. The smallest absolute Gasteiger partial charge is 0.326 e. The van der Waals surface area contributed by atoms with Gasteiger partial charge >= 0.3 is 12.0 Å². The van der Waals surface area contributed by atoms with Crippen molar-refractivity contribution in [1.82, 2.24) is 10.6 Å². The van der Waals surface area contributed by atoms with E-state index in [1.54, 1.807) is 0 Å². The fourth-order valence-electron chi connectivity index (χ4n) is 1.49. The summed E-state index contributed by atoms with van der Waals surface area (Å²) in [5.74, 6) is -0.990. The molecule has 18 heavy (non-hydrogen) atoms. The molecule has 0 aliphatic carbocycles. The predicted molar refractivity (Wildman–Crippen MR) is 70.4 cm³/mol. The van der Waals surface area contributed by atoms with Gasteiger partial charge in [0.05, 0.1) is 27.7 Å². The molecule has 0 heterocycles. The molecule has 0 fully saturated rings. The van der Waals surface area contributed by atoms with E-state index >= 15 is 0 Å². The number of carbonyl (C=O) groups is 2. The van der Waals surface area contributed by atoms with E-state index in [0.29, 0.717) is 6.42 Å². The highest BCUT2D eigenvalue weighted by Gasteiger charge is 2.20. The van der Waals surface area contributed by atoms with Crippen molar-refractivity contribution in [3.63, 3.8) is 0 Å². The van der Waals surface area contributed by atoms with Crippen LogP contribution in [-0.2, 0) is 4.79 Å². The third-order valence-corrected chi connectivity index (χ3v) is 2.34. The van der Waals surface area contributed by atoms with Crippen molar-refractivity contribution >= 4 is 12.0 Å². The molecule has 0 saturated heterocycles. The Morgan fingerprint density at radius 1 is 1.17 bits per heavy atom. The Hall–Kier alpha value is -1.30. The summed E-state index contributed by atoms with van der Waals surface area (Å²) >= 11 is 0. The van der Waals surface area contributed by atoms with Gasteiger partial charge < -0.3 is 20.2 Å². The molecule has 0 aromatic carbocycles. The zero-order valence-electron chi connectivity index (χ0n) is 12.0. The lowest BCUT2D eigenvalue weighted by Crippen LogP contribution is -2.48. The minimum Gasteiger partial charge on any atom is -0.480 e. The van der Waals surface area contributed by atoms with Crippen molar-refractivity contribution < 1.29 is 19.2 Å². The van der Waals surface area contributed by atoms with Gasteiger partial charge in [-0.05, 0) is 26.7 Å². The van der Waals surface area contributed by atoms with E-state index in [1.165, 1.54) is 0 Å². The third kappa shape index (κ3) is 8.81. The summed E-state index contributed by atoms with van der Waals surface area (Å²) < 4.78 is 0.782. The number of urea groups is 1. The predicted octanol–water partition coefficient (Wildman–Crippen LogP) is 0.634. The number of quaternary nitrogens is 1. The number of nitrogens with one attached hydrogen (secondary N) is 2. The van der Waals surface area contributed by atoms with Gasteiger partial charge in [-0.3, -0.25) is 0 Å². The molecular formula is C12H26N3O3+. The Morgan fingerprint density at radius 2 is 1.72 bits per heavy atom. The van der Waals surface area contributed by atoms with E-state index < -0.39 is 18.0 Å². The second-order valence-corrected chi connectivity index (χ2v) is 5.82. The number of hydrogen-bond donors (Lipinski definition) is 3. The fourth-order valence-corrected chi connectivity index (χ4v) is 1.49. The first-order valence-corrected chi connectivity index (χ1v) is 6.22. The minimum absolute atomic E-state index is 0.00862. The molecule has 0 saturated carbocycles. The van der Waals surface area contributed by atoms with Gasteiger partial charge in [0.2, 0.25) is 0 Å². The molecule has 6 heteroatoms. The van der Waals surface area contributed by atoms with Crippen LogP contribution in [0.2, 0.25) is 0 Å². The van der Waals surface area contributed by atoms with Crippen LogP contribution in [0.1, 0.15) is 26.7 Å². The number of hydrogen-bond acceptors (Lipinski definition) is 2. The molecule has 0 aliphatic heterocycles. The normalized spacial score (nSPS) is 13.2. The lowest BCUT2D eigenvalue weighted by Gasteiger charge is -2.24. The highest BCUT2D eigenvalue weighted by molar-refractivity contribution is 5.82. The van der Waals surface area contributed by atoms with E-state index in [-0.39, 0.29) is 6.04 Å². The molecule has 1 atom stereocenters. The SMILES string of the molecule is CC(C)NC(=O)N[C@@H](CCC[N+](C)(C)C)C(=O)O. The summed E-state index contributed by atoms with van der Waals surface area (Å²) in [7, 11) is 6.15. The van der Waals surface area contributed by atoms with Gasteiger partial charge in [-0.25, -0.2) is 9.59 Å². The Labute approximate surface area is 109 Å². The standard InChI is InChI=1S/C12H25N3O3/c1-9(2)13-12(18)14-10(11(16)17)7-6-8-15(3,4)5/h9-10H,6-8H2,1-5H3,(H2-,13,14,16,17,18)/p+1/t10-/m0/s1. The zero-order chi connectivity index (χ0) is 14.3. The van der Waals surface area contributed by atoms with E-state index in [0.717, 1.165) is 17.4 Å². The van der Waals surface area contributed by atoms with Crippen LogP contribution in [0.4, 0.5) is 4.79 Å². The quantitative estimate of drug-likeness (QED) is 0.588. The summed E-state index contributed by atoms with van der Waals surface area (Å²) in [4.78, 5) is 22.5. The average molecular weight is 260 g/mol. The monoisotopic (exact) mass is 260 g/mol. The van der Waals surface area contributed by atoms with Gasteiger partial charge in [0.15, 0.2) is 0 Å². The summed E-state index contributed by atoms with van der Waals surface area (Å²) in [6.07, 6.45) is 1.19. The van der Waals surface area contributed by atoms with Gasteiger partial charge in [-0.1, -0.05) is 0 Å². The lowest BCUT2D eigenvalue weighted by molar-refractivity contribution is -0.870. The minimum atomic E-state index is -0.990. The molecule has 3 N–H and O–H groups in total. The van der Waals surface area contributed by atoms with Gasteiger partial charge in [-0.15, -0.1) is 0 Å². The number of aliphatic carboxylic acids is 1. The second kappa shape index (κ2) is 7.20. The van der Waals surface area contributed by atoms with E-state index in [2.05, 4.69) is 31.8 Å². The van der Waals surface area contributed by atoms with E-state index in [1.807, 2.05) is 13.8 Å². The molecular weight excluding hydrogens is 234 g/mol. The number of carboxylic acid groups (broad SMARTS) is 1. The van der Waals surface area contributed by atoms with Crippen molar-refractivity contribution in [3.05, 3.63) is 0 Å². The number of amides is 2. The molecule has 106 valence electrons. The van der Waals surface area contributed by atoms with Crippen LogP contribution in [0.5, 0.6) is 0 Å². The van der Waals surface area contributed by atoms with Crippen LogP contribution >= 0.6 is 0 Å². The molecule has 6 nitrogen and oxygen atoms in total. The molecule has 0 rings (SSSR count). The second-order valence-electron chi connectivity index (χ2n) is 5.82. The van der Waals surface area contributed by atoms with E-state index in [9.17, 15) is 9.59 Å². The van der Waals surface area contributed by atoms with Gasteiger partial charge in [0.1, 0.15) is 6.04 Å². The van der Waals surface area contributed by atoms with Crippen molar-refractivity contribution in [2.75, 3.05) is 27.7 Å². The summed E-state index contributed by atoms with van der Waals surface area (Å²) in [6.45, 7) is 4.52. The Morgan fingerprint density at radius 3 is 2.11 bits per heavy atom. The summed E-state index contributed by atoms with van der Waals surface area (Å²) in [6, 6.07) is -1.26. The van der Waals surface area contributed by atoms with Gasteiger partial charge in [-0.2, -0.15) is 0 Å². The molecule has 0 aliphatic rings. The average Bonchev–Trinajstić information content (AvgIpc) is 2.12. The Balaban J connectivity index is 4.16. The van der Waals surface area contributed by atoms with Crippen LogP contribution in [0.3, 0.4) is 0 Å². The van der Waals surface area contributed by atoms with E-state index in [4.69, 9.17) is 5.11 Å². The molecule has 0 unspecified atom stereocenters. The zero-order valence-corrected chi connectivity index (χ0v) is 12.0. The third-order valence-electron chi connectivity index (χ3n) is 2.34. The number of carbonyl (C=O) groups excluding carboxylic acids is 1. The van der Waals surface area contributed by atoms with Crippen molar-refractivity contribution in [2.24, 2.45) is 0 Å². The maximum absolute atomic E-state index is 11.4. The summed E-state index contributed by atoms with van der Waals surface area (Å²) in [5, 5.41) is 14.1. The lowest BCUT2D eigenvalue weighted by atomic mass is 10.1. The first-order valence-electron chi connectivity index (χ1n) is 6.22. The van der Waals surface area contributed by atoms with Crippen LogP contribution in [0, 0.1) is 0 Å². The largest absolute Gasteiger partial charge is 0.480 e. The van der Waals surface area contributed by atoms with Crippen LogP contribution in [0.25, 0.3) is 0 Å². The van der Waals surface area contributed by atoms with Crippen molar-refractivity contribution in [2.45, 2.75) is 38.8 Å². The Kier molecular flexibility index (Phi) is 6.68. The van der Waals surface area contributed by atoms with Crippen LogP contribution < -0.4 is 10.6 Å². The molecule has 0 radical (unpaired) electrons. The number of rotatable bonds is 7.